The summed E-state index contributed by atoms with van der Waals surface area (Å²) in [6.45, 7) is -0.556. The van der Waals surface area contributed by atoms with Crippen molar-refractivity contribution in [3.8, 4) is 11.1 Å². The molecule has 0 radical (unpaired) electrons. The van der Waals surface area contributed by atoms with Gasteiger partial charge < -0.3 is 10.6 Å². The molecular weight excluding hydrogens is 527 g/mol. The average molecular weight is 555 g/mol. The van der Waals surface area contributed by atoms with E-state index in [-0.39, 0.29) is 16.6 Å². The highest BCUT2D eigenvalue weighted by atomic mass is 32.2. The van der Waals surface area contributed by atoms with Crippen LogP contribution in [0.1, 0.15) is 36.9 Å². The zero-order chi connectivity index (χ0) is 27.6. The summed E-state index contributed by atoms with van der Waals surface area (Å²) in [5.41, 5.74) is -0.124. The number of hydrogen-bond donors (Lipinski definition) is 2. The summed E-state index contributed by atoms with van der Waals surface area (Å²) in [6.07, 6.45) is -0.587. The number of likely N-dealkylation sites (N-methyl/N-ethyl adjacent to an activating group) is 1. The van der Waals surface area contributed by atoms with Crippen LogP contribution in [0.5, 0.6) is 0 Å². The molecule has 1 aliphatic rings. The lowest BCUT2D eigenvalue weighted by Crippen LogP contribution is -2.33. The number of benzene rings is 1. The molecule has 4 rings (SSSR count). The molecule has 1 fully saturated rings. The lowest BCUT2D eigenvalue weighted by molar-refractivity contribution is -0.137. The van der Waals surface area contributed by atoms with E-state index in [4.69, 9.17) is 0 Å². The van der Waals surface area contributed by atoms with Gasteiger partial charge in [-0.25, -0.2) is 13.4 Å². The van der Waals surface area contributed by atoms with E-state index in [0.717, 1.165) is 12.3 Å². The molecule has 38 heavy (non-hydrogen) atoms. The summed E-state index contributed by atoms with van der Waals surface area (Å²) < 4.78 is 93.1. The molecule has 0 spiro atoms. The number of nitrogens with one attached hydrogen (secondary N) is 2. The molecule has 0 amide bonds. The summed E-state index contributed by atoms with van der Waals surface area (Å²) in [6, 6.07) is 11.1. The summed E-state index contributed by atoms with van der Waals surface area (Å²) in [4.78, 5) is 7.75. The molecule has 0 bridgehead atoms. The standard InChI is InChI=1S/C26H27F5N4O2S/c1-32-16-25(27,28)23-14-18(12-13-33-23)17-2-7-21(8-3-17)38(36,37)22-9-5-20(6-10-22)35-24-11-4-19(15-34-24)26(29,30)31/h2-4,7-8,11-15,20,22,32H,5-6,9-10,16H2,1H3,(H,34,35). The summed E-state index contributed by atoms with van der Waals surface area (Å²) >= 11 is 0. The topological polar surface area (TPSA) is 84.0 Å². The minimum atomic E-state index is -4.46. The number of rotatable bonds is 8. The molecule has 3 aromatic rings. The van der Waals surface area contributed by atoms with Crippen molar-refractivity contribution >= 4 is 15.7 Å². The maximum atomic E-state index is 14.2. The van der Waals surface area contributed by atoms with Crippen molar-refractivity contribution in [2.75, 3.05) is 18.9 Å². The predicted molar refractivity (Wildman–Crippen MR) is 134 cm³/mol. The first-order valence-electron chi connectivity index (χ1n) is 12.0. The van der Waals surface area contributed by atoms with Crippen LogP contribution in [0.4, 0.5) is 27.8 Å². The van der Waals surface area contributed by atoms with Crippen LogP contribution >= 0.6 is 0 Å². The Morgan fingerprint density at radius 1 is 0.895 bits per heavy atom. The van der Waals surface area contributed by atoms with Gasteiger partial charge in [0.25, 0.3) is 0 Å². The minimum Gasteiger partial charge on any atom is -0.367 e. The van der Waals surface area contributed by atoms with Crippen molar-refractivity contribution in [3.63, 3.8) is 0 Å². The lowest BCUT2D eigenvalue weighted by atomic mass is 9.95. The van der Waals surface area contributed by atoms with Crippen LogP contribution in [-0.4, -0.2) is 43.3 Å². The van der Waals surface area contributed by atoms with Gasteiger partial charge >= 0.3 is 12.1 Å². The Hall–Kier alpha value is -3.12. The fourth-order valence-electron chi connectivity index (χ4n) is 4.53. The zero-order valence-electron chi connectivity index (χ0n) is 20.5. The smallest absolute Gasteiger partial charge is 0.367 e. The van der Waals surface area contributed by atoms with Gasteiger partial charge in [0.15, 0.2) is 9.84 Å². The van der Waals surface area contributed by atoms with Crippen LogP contribution in [0, 0.1) is 0 Å². The van der Waals surface area contributed by atoms with Gasteiger partial charge in [0.1, 0.15) is 11.5 Å². The number of nitrogens with zero attached hydrogens (tertiary/aromatic N) is 2. The molecule has 2 N–H and O–H groups in total. The van der Waals surface area contributed by atoms with Gasteiger partial charge in [0.05, 0.1) is 22.3 Å². The fraction of sp³-hybridized carbons (Fsp3) is 0.385. The number of alkyl halides is 5. The van der Waals surface area contributed by atoms with Gasteiger partial charge in [-0.15, -0.1) is 0 Å². The Morgan fingerprint density at radius 3 is 2.16 bits per heavy atom. The van der Waals surface area contributed by atoms with E-state index in [1.54, 1.807) is 18.2 Å². The normalized spacial score (nSPS) is 18.8. The maximum absolute atomic E-state index is 14.2. The van der Waals surface area contributed by atoms with Gasteiger partial charge in [-0.3, -0.25) is 4.98 Å². The van der Waals surface area contributed by atoms with Crippen molar-refractivity contribution in [1.29, 1.82) is 0 Å². The average Bonchev–Trinajstić information content (AvgIpc) is 2.89. The number of halogens is 5. The molecule has 1 saturated carbocycles. The third-order valence-electron chi connectivity index (χ3n) is 6.61. The first-order chi connectivity index (χ1) is 17.9. The summed E-state index contributed by atoms with van der Waals surface area (Å²) in [7, 11) is -2.20. The highest BCUT2D eigenvalue weighted by Gasteiger charge is 2.34. The largest absolute Gasteiger partial charge is 0.417 e. The molecular formula is C26H27F5N4O2S. The quantitative estimate of drug-likeness (QED) is 0.349. The highest BCUT2D eigenvalue weighted by molar-refractivity contribution is 7.92. The zero-order valence-corrected chi connectivity index (χ0v) is 21.3. The molecule has 1 aromatic carbocycles. The monoisotopic (exact) mass is 554 g/mol. The van der Waals surface area contributed by atoms with Gasteiger partial charge in [0.2, 0.25) is 0 Å². The summed E-state index contributed by atoms with van der Waals surface area (Å²) in [5, 5.41) is 4.93. The van der Waals surface area contributed by atoms with E-state index in [1.807, 2.05) is 0 Å². The van der Waals surface area contributed by atoms with E-state index in [9.17, 15) is 30.4 Å². The van der Waals surface area contributed by atoms with E-state index in [1.165, 1.54) is 37.5 Å². The minimum absolute atomic E-state index is 0.102. The number of sulfone groups is 1. The van der Waals surface area contributed by atoms with Crippen molar-refractivity contribution in [2.24, 2.45) is 0 Å². The van der Waals surface area contributed by atoms with Gasteiger partial charge in [-0.2, -0.15) is 22.0 Å². The number of pyridine rings is 2. The number of anilines is 1. The van der Waals surface area contributed by atoms with E-state index >= 15 is 0 Å². The van der Waals surface area contributed by atoms with E-state index in [2.05, 4.69) is 20.6 Å². The van der Waals surface area contributed by atoms with E-state index in [0.29, 0.717) is 42.6 Å². The molecule has 0 atom stereocenters. The molecule has 0 aliphatic heterocycles. The molecule has 0 saturated heterocycles. The Kier molecular flexibility index (Phi) is 8.03. The third-order valence-corrected chi connectivity index (χ3v) is 8.88. The Labute approximate surface area is 217 Å². The van der Waals surface area contributed by atoms with E-state index < -0.39 is 39.3 Å². The molecule has 2 aromatic heterocycles. The van der Waals surface area contributed by atoms with Crippen LogP contribution in [0.25, 0.3) is 11.1 Å². The highest BCUT2D eigenvalue weighted by Crippen LogP contribution is 2.33. The van der Waals surface area contributed by atoms with Crippen LogP contribution in [0.2, 0.25) is 0 Å². The molecule has 6 nitrogen and oxygen atoms in total. The Bertz CT molecular complexity index is 1340. The molecule has 1 aliphatic carbocycles. The van der Waals surface area contributed by atoms with Crippen molar-refractivity contribution in [1.82, 2.24) is 15.3 Å². The maximum Gasteiger partial charge on any atom is 0.417 e. The number of hydrogen-bond acceptors (Lipinski definition) is 6. The third kappa shape index (κ3) is 6.29. The first-order valence-corrected chi connectivity index (χ1v) is 13.6. The fourth-order valence-corrected chi connectivity index (χ4v) is 6.32. The Balaban J connectivity index is 1.39. The molecule has 12 heteroatoms. The number of aromatic nitrogens is 2. The first kappa shape index (κ1) is 27.9. The molecule has 204 valence electrons. The van der Waals surface area contributed by atoms with Gasteiger partial charge in [-0.05, 0) is 80.3 Å². The predicted octanol–water partition coefficient (Wildman–Crippen LogP) is 5.67. The van der Waals surface area contributed by atoms with Crippen LogP contribution < -0.4 is 10.6 Å². The lowest BCUT2D eigenvalue weighted by Gasteiger charge is -2.29. The second kappa shape index (κ2) is 10.9. The van der Waals surface area contributed by atoms with Crippen molar-refractivity contribution < 1.29 is 30.4 Å². The second-order valence-electron chi connectivity index (χ2n) is 9.28. The Morgan fingerprint density at radius 2 is 1.58 bits per heavy atom. The summed E-state index contributed by atoms with van der Waals surface area (Å²) in [5.74, 6) is -2.84. The second-order valence-corrected chi connectivity index (χ2v) is 11.5. The van der Waals surface area contributed by atoms with Crippen molar-refractivity contribution in [3.05, 3.63) is 72.2 Å². The van der Waals surface area contributed by atoms with Crippen LogP contribution in [0.15, 0.2) is 65.8 Å². The SMILES string of the molecule is CNCC(F)(F)c1cc(-c2ccc(S(=O)(=O)C3CCC(Nc4ccc(C(F)(F)F)cn4)CC3)cc2)ccn1. The molecule has 0 unspecified atom stereocenters. The van der Waals surface area contributed by atoms with Crippen molar-refractivity contribution in [2.45, 2.75) is 54.0 Å². The molecule has 2 heterocycles. The van der Waals surface area contributed by atoms with Crippen LogP contribution in [0.3, 0.4) is 0 Å². The van der Waals surface area contributed by atoms with Gasteiger partial charge in [-0.1, -0.05) is 12.1 Å². The van der Waals surface area contributed by atoms with Crippen LogP contribution in [-0.2, 0) is 21.9 Å². The van der Waals surface area contributed by atoms with Gasteiger partial charge in [0, 0.05) is 18.4 Å².